The second kappa shape index (κ2) is 7.13. The van der Waals surface area contributed by atoms with Gasteiger partial charge in [0.25, 0.3) is 0 Å². The smallest absolute Gasteiger partial charge is 0.225 e. The lowest BCUT2D eigenvalue weighted by atomic mass is 9.98. The maximum absolute atomic E-state index is 13.2. The zero-order chi connectivity index (χ0) is 17.1. The van der Waals surface area contributed by atoms with Crippen LogP contribution in [-0.2, 0) is 16.0 Å². The first-order chi connectivity index (χ1) is 11.5. The Kier molecular flexibility index (Phi) is 4.94. The normalized spacial score (nSPS) is 18.5. The highest BCUT2D eigenvalue weighted by atomic mass is 19.1. The number of hydrogen-bond acceptors (Lipinski definition) is 4. The molecule has 6 heteroatoms. The molecule has 2 heterocycles. The fraction of sp³-hybridized carbons (Fsp3) is 0.444. The monoisotopic (exact) mass is 332 g/mol. The van der Waals surface area contributed by atoms with Crippen molar-refractivity contribution in [2.45, 2.75) is 45.3 Å². The van der Waals surface area contributed by atoms with Crippen LogP contribution >= 0.6 is 0 Å². The molecule has 1 aliphatic heterocycles. The van der Waals surface area contributed by atoms with Crippen LogP contribution in [0.3, 0.4) is 0 Å². The minimum atomic E-state index is -0.299. The first-order valence-electron chi connectivity index (χ1n) is 8.13. The van der Waals surface area contributed by atoms with E-state index in [9.17, 15) is 9.18 Å². The molecule has 1 fully saturated rings. The number of carbonyl (C=O) groups is 1. The van der Waals surface area contributed by atoms with Crippen LogP contribution in [0.15, 0.2) is 28.8 Å². The lowest BCUT2D eigenvalue weighted by Gasteiger charge is -2.25. The number of hydrogen-bond donors (Lipinski definition) is 1. The highest BCUT2D eigenvalue weighted by molar-refractivity contribution is 5.79. The molecule has 0 unspecified atom stereocenters. The molecule has 3 rings (SSSR count). The molecule has 1 aromatic heterocycles. The van der Waals surface area contributed by atoms with E-state index in [1.807, 2.05) is 6.92 Å². The van der Waals surface area contributed by atoms with E-state index in [0.29, 0.717) is 12.4 Å². The van der Waals surface area contributed by atoms with Crippen LogP contribution in [0.4, 0.5) is 4.39 Å². The number of amides is 1. The number of ether oxygens (including phenoxy) is 1. The first kappa shape index (κ1) is 16.6. The fourth-order valence-corrected chi connectivity index (χ4v) is 3.07. The van der Waals surface area contributed by atoms with Crippen molar-refractivity contribution in [2.24, 2.45) is 0 Å². The maximum atomic E-state index is 13.2. The number of rotatable bonds is 5. The molecule has 1 aliphatic rings. The zero-order valence-corrected chi connectivity index (χ0v) is 13.8. The van der Waals surface area contributed by atoms with Crippen molar-refractivity contribution >= 4 is 5.91 Å². The molecule has 2 atom stereocenters. The number of benzene rings is 1. The van der Waals surface area contributed by atoms with E-state index >= 15 is 0 Å². The summed E-state index contributed by atoms with van der Waals surface area (Å²) >= 11 is 0. The van der Waals surface area contributed by atoms with Crippen molar-refractivity contribution in [3.8, 4) is 0 Å². The lowest BCUT2D eigenvalue weighted by molar-refractivity contribution is -0.122. The van der Waals surface area contributed by atoms with Gasteiger partial charge in [0.05, 0.1) is 24.3 Å². The number of carbonyl (C=O) groups excluding carboxylic acids is 1. The number of nitrogens with one attached hydrogen (secondary N) is 1. The first-order valence-corrected chi connectivity index (χ1v) is 8.13. The van der Waals surface area contributed by atoms with Crippen LogP contribution in [0.1, 0.15) is 41.5 Å². The molecule has 1 saturated heterocycles. The van der Waals surface area contributed by atoms with Gasteiger partial charge in [0.1, 0.15) is 11.6 Å². The Labute approximate surface area is 140 Å². The second-order valence-corrected chi connectivity index (χ2v) is 6.13. The highest BCUT2D eigenvalue weighted by Gasteiger charge is 2.29. The van der Waals surface area contributed by atoms with E-state index in [2.05, 4.69) is 10.5 Å². The third-order valence-corrected chi connectivity index (χ3v) is 4.40. The number of aromatic nitrogens is 1. The van der Waals surface area contributed by atoms with E-state index in [1.54, 1.807) is 19.1 Å². The highest BCUT2D eigenvalue weighted by Crippen LogP contribution is 2.27. The van der Waals surface area contributed by atoms with E-state index in [4.69, 9.17) is 9.26 Å². The molecule has 2 aromatic rings. The van der Waals surface area contributed by atoms with Gasteiger partial charge in [-0.15, -0.1) is 0 Å². The lowest BCUT2D eigenvalue weighted by Crippen LogP contribution is -2.37. The average Bonchev–Trinajstić information content (AvgIpc) is 3.19. The van der Waals surface area contributed by atoms with Gasteiger partial charge in [-0.05, 0) is 44.4 Å². The summed E-state index contributed by atoms with van der Waals surface area (Å²) in [7, 11) is 0. The topological polar surface area (TPSA) is 64.4 Å². The molecule has 0 saturated carbocycles. The van der Waals surface area contributed by atoms with Crippen molar-refractivity contribution in [1.29, 1.82) is 0 Å². The molecule has 0 spiro atoms. The Bertz CT molecular complexity index is 686. The van der Waals surface area contributed by atoms with Crippen LogP contribution in [0, 0.1) is 19.7 Å². The van der Waals surface area contributed by atoms with Crippen LogP contribution in [-0.4, -0.2) is 23.8 Å². The molecule has 0 bridgehead atoms. The molecular weight excluding hydrogens is 311 g/mol. The summed E-state index contributed by atoms with van der Waals surface area (Å²) in [5.41, 5.74) is 2.37. The largest absolute Gasteiger partial charge is 0.376 e. The Hall–Kier alpha value is -2.21. The summed E-state index contributed by atoms with van der Waals surface area (Å²) < 4.78 is 24.0. The standard InChI is InChI=1S/C18H21FN2O3/c1-11-15(12(2)24-21-11)10-17(22)20-18(16-4-3-9-23-16)13-5-7-14(19)8-6-13/h5-8,16,18H,3-4,9-10H2,1-2H3,(H,20,22)/t16-,18-/m0/s1. The van der Waals surface area contributed by atoms with E-state index < -0.39 is 0 Å². The fourth-order valence-electron chi connectivity index (χ4n) is 3.07. The van der Waals surface area contributed by atoms with Crippen molar-refractivity contribution in [3.05, 3.63) is 52.7 Å². The van der Waals surface area contributed by atoms with Crippen molar-refractivity contribution in [2.75, 3.05) is 6.61 Å². The summed E-state index contributed by atoms with van der Waals surface area (Å²) in [6, 6.07) is 5.90. The van der Waals surface area contributed by atoms with Crippen molar-refractivity contribution < 1.29 is 18.4 Å². The predicted molar refractivity (Wildman–Crippen MR) is 85.9 cm³/mol. The van der Waals surface area contributed by atoms with E-state index in [-0.39, 0.29) is 30.3 Å². The van der Waals surface area contributed by atoms with Crippen molar-refractivity contribution in [1.82, 2.24) is 10.5 Å². The Balaban J connectivity index is 1.76. The van der Waals surface area contributed by atoms with Gasteiger partial charge in [0, 0.05) is 12.2 Å². The van der Waals surface area contributed by atoms with Crippen LogP contribution in [0.2, 0.25) is 0 Å². The van der Waals surface area contributed by atoms with Crippen LogP contribution in [0.25, 0.3) is 0 Å². The molecule has 1 aromatic carbocycles. The third kappa shape index (κ3) is 3.64. The minimum Gasteiger partial charge on any atom is -0.376 e. The molecule has 1 N–H and O–H groups in total. The molecule has 5 nitrogen and oxygen atoms in total. The van der Waals surface area contributed by atoms with Gasteiger partial charge < -0.3 is 14.6 Å². The van der Waals surface area contributed by atoms with Gasteiger partial charge in [0.2, 0.25) is 5.91 Å². The van der Waals surface area contributed by atoms with Gasteiger partial charge in [0.15, 0.2) is 0 Å². The quantitative estimate of drug-likeness (QED) is 0.914. The summed E-state index contributed by atoms with van der Waals surface area (Å²) in [6.45, 7) is 4.29. The molecule has 1 amide bonds. The van der Waals surface area contributed by atoms with Gasteiger partial charge in [-0.25, -0.2) is 4.39 Å². The summed E-state index contributed by atoms with van der Waals surface area (Å²) in [5.74, 6) is 0.221. The van der Waals surface area contributed by atoms with Crippen LogP contribution < -0.4 is 5.32 Å². The molecule has 0 radical (unpaired) electrons. The van der Waals surface area contributed by atoms with Gasteiger partial charge in [-0.2, -0.15) is 0 Å². The molecule has 128 valence electrons. The maximum Gasteiger partial charge on any atom is 0.225 e. The van der Waals surface area contributed by atoms with Gasteiger partial charge in [-0.3, -0.25) is 4.79 Å². The SMILES string of the molecule is Cc1noc(C)c1CC(=O)N[C@@H](c1ccc(F)cc1)[C@@H]1CCCO1. The third-order valence-electron chi connectivity index (χ3n) is 4.40. The molecule has 0 aliphatic carbocycles. The second-order valence-electron chi connectivity index (χ2n) is 6.13. The molecular formula is C18H21FN2O3. The Morgan fingerprint density at radius 1 is 1.38 bits per heavy atom. The minimum absolute atomic E-state index is 0.0934. The summed E-state index contributed by atoms with van der Waals surface area (Å²) in [5, 5.41) is 6.90. The number of halogens is 1. The summed E-state index contributed by atoms with van der Waals surface area (Å²) in [4.78, 5) is 12.5. The Morgan fingerprint density at radius 3 is 2.71 bits per heavy atom. The van der Waals surface area contributed by atoms with E-state index in [0.717, 1.165) is 29.7 Å². The number of nitrogens with zero attached hydrogens (tertiary/aromatic N) is 1. The van der Waals surface area contributed by atoms with Crippen LogP contribution in [0.5, 0.6) is 0 Å². The zero-order valence-electron chi connectivity index (χ0n) is 13.8. The number of aryl methyl sites for hydroxylation is 2. The van der Waals surface area contributed by atoms with Crippen molar-refractivity contribution in [3.63, 3.8) is 0 Å². The van der Waals surface area contributed by atoms with Gasteiger partial charge >= 0.3 is 0 Å². The average molecular weight is 332 g/mol. The summed E-state index contributed by atoms with van der Waals surface area (Å²) in [6.07, 6.45) is 1.94. The Morgan fingerprint density at radius 2 is 2.12 bits per heavy atom. The molecule has 24 heavy (non-hydrogen) atoms. The predicted octanol–water partition coefficient (Wildman–Crippen LogP) is 3.01. The van der Waals surface area contributed by atoms with Gasteiger partial charge in [-0.1, -0.05) is 17.3 Å². The van der Waals surface area contributed by atoms with E-state index in [1.165, 1.54) is 12.1 Å².